The fourth-order valence-electron chi connectivity index (χ4n) is 1.52. The van der Waals surface area contributed by atoms with E-state index >= 15 is 0 Å². The Kier molecular flexibility index (Phi) is 2.79. The van der Waals surface area contributed by atoms with Crippen molar-refractivity contribution in [3.8, 4) is 11.1 Å². The molecule has 2 aromatic rings. The van der Waals surface area contributed by atoms with Crippen molar-refractivity contribution in [2.75, 3.05) is 5.73 Å². The topological polar surface area (TPSA) is 38.9 Å². The summed E-state index contributed by atoms with van der Waals surface area (Å²) in [5.74, 6) is -0.311. The molecule has 0 aliphatic rings. The van der Waals surface area contributed by atoms with Gasteiger partial charge in [0.15, 0.2) is 5.15 Å². The third-order valence-corrected chi connectivity index (χ3v) is 2.66. The van der Waals surface area contributed by atoms with Gasteiger partial charge in [-0.25, -0.2) is 9.37 Å². The minimum atomic E-state index is -0.311. The summed E-state index contributed by atoms with van der Waals surface area (Å²) < 4.78 is 13.7. The van der Waals surface area contributed by atoms with Gasteiger partial charge >= 0.3 is 0 Å². The maximum absolute atomic E-state index is 13.7. The maximum atomic E-state index is 13.7. The van der Waals surface area contributed by atoms with Gasteiger partial charge < -0.3 is 5.73 Å². The van der Waals surface area contributed by atoms with E-state index in [0.717, 1.165) is 5.56 Å². The zero-order valence-electron chi connectivity index (χ0n) is 8.67. The first kappa shape index (κ1) is 10.9. The monoisotopic (exact) mass is 236 g/mol. The average Bonchev–Trinajstić information content (AvgIpc) is 2.23. The predicted molar refractivity (Wildman–Crippen MR) is 63.8 cm³/mol. The predicted octanol–water partition coefficient (Wildman–Crippen LogP) is 3.43. The van der Waals surface area contributed by atoms with E-state index in [0.29, 0.717) is 16.8 Å². The van der Waals surface area contributed by atoms with E-state index in [-0.39, 0.29) is 11.0 Å². The molecule has 0 saturated heterocycles. The number of halogens is 2. The van der Waals surface area contributed by atoms with Crippen LogP contribution in [0, 0.1) is 12.7 Å². The Morgan fingerprint density at radius 2 is 2.00 bits per heavy atom. The van der Waals surface area contributed by atoms with Crippen molar-refractivity contribution in [2.24, 2.45) is 0 Å². The first-order chi connectivity index (χ1) is 7.59. The van der Waals surface area contributed by atoms with Crippen LogP contribution in [0.15, 0.2) is 30.5 Å². The first-order valence-corrected chi connectivity index (χ1v) is 5.14. The van der Waals surface area contributed by atoms with Gasteiger partial charge in [0, 0.05) is 17.3 Å². The van der Waals surface area contributed by atoms with Gasteiger partial charge in [0.2, 0.25) is 0 Å². The van der Waals surface area contributed by atoms with E-state index in [1.54, 1.807) is 12.1 Å². The van der Waals surface area contributed by atoms with E-state index in [4.69, 9.17) is 17.3 Å². The Labute approximate surface area is 97.9 Å². The summed E-state index contributed by atoms with van der Waals surface area (Å²) in [6.45, 7) is 1.83. The molecule has 2 N–H and O–H groups in total. The summed E-state index contributed by atoms with van der Waals surface area (Å²) in [6, 6.07) is 6.62. The molecule has 0 radical (unpaired) electrons. The molecule has 2 rings (SSSR count). The van der Waals surface area contributed by atoms with Crippen LogP contribution >= 0.6 is 11.6 Å². The number of hydrogen-bond donors (Lipinski definition) is 1. The number of benzene rings is 1. The third-order valence-electron chi connectivity index (χ3n) is 2.36. The molecular weight excluding hydrogens is 227 g/mol. The zero-order chi connectivity index (χ0) is 11.7. The fourth-order valence-corrected chi connectivity index (χ4v) is 1.68. The molecule has 16 heavy (non-hydrogen) atoms. The highest BCUT2D eigenvalue weighted by Gasteiger charge is 2.10. The molecule has 4 heteroatoms. The number of nitrogens with zero attached hydrogens (tertiary/aromatic N) is 1. The standard InChI is InChI=1S/C12H10ClFN2/c1-7-2-3-8(10(14)6-7)9-4-5-16-12(13)11(9)15/h2-6H,15H2,1H3. The van der Waals surface area contributed by atoms with E-state index in [1.807, 2.05) is 13.0 Å². The molecule has 0 unspecified atom stereocenters. The molecule has 0 aliphatic carbocycles. The lowest BCUT2D eigenvalue weighted by Crippen LogP contribution is -1.95. The Hall–Kier alpha value is -1.61. The lowest BCUT2D eigenvalue weighted by atomic mass is 10.0. The summed E-state index contributed by atoms with van der Waals surface area (Å²) >= 11 is 5.79. The molecule has 0 bridgehead atoms. The van der Waals surface area contributed by atoms with Gasteiger partial charge in [0.1, 0.15) is 5.82 Å². The number of pyridine rings is 1. The highest BCUT2D eigenvalue weighted by Crippen LogP contribution is 2.31. The second-order valence-electron chi connectivity index (χ2n) is 3.55. The van der Waals surface area contributed by atoms with Gasteiger partial charge in [0.05, 0.1) is 5.69 Å². The Balaban J connectivity index is 2.63. The van der Waals surface area contributed by atoms with Crippen LogP contribution < -0.4 is 5.73 Å². The number of aryl methyl sites for hydroxylation is 1. The lowest BCUT2D eigenvalue weighted by molar-refractivity contribution is 0.630. The van der Waals surface area contributed by atoms with Crippen LogP contribution in [-0.2, 0) is 0 Å². The van der Waals surface area contributed by atoms with Crippen molar-refractivity contribution in [3.05, 3.63) is 47.0 Å². The Morgan fingerprint density at radius 1 is 1.25 bits per heavy atom. The Morgan fingerprint density at radius 3 is 2.69 bits per heavy atom. The molecule has 82 valence electrons. The van der Waals surface area contributed by atoms with Crippen molar-refractivity contribution in [1.29, 1.82) is 0 Å². The van der Waals surface area contributed by atoms with Gasteiger partial charge in [-0.15, -0.1) is 0 Å². The smallest absolute Gasteiger partial charge is 0.152 e. The minimum absolute atomic E-state index is 0.192. The van der Waals surface area contributed by atoms with Gasteiger partial charge in [-0.05, 0) is 24.6 Å². The van der Waals surface area contributed by atoms with Crippen molar-refractivity contribution >= 4 is 17.3 Å². The molecule has 0 spiro atoms. The van der Waals surface area contributed by atoms with E-state index in [1.165, 1.54) is 12.3 Å². The summed E-state index contributed by atoms with van der Waals surface area (Å²) in [4.78, 5) is 3.83. The van der Waals surface area contributed by atoms with Gasteiger partial charge in [0.25, 0.3) is 0 Å². The molecule has 0 aliphatic heterocycles. The normalized spacial score (nSPS) is 10.4. The largest absolute Gasteiger partial charge is 0.396 e. The quantitative estimate of drug-likeness (QED) is 0.771. The number of nitrogen functional groups attached to an aromatic ring is 1. The van der Waals surface area contributed by atoms with Crippen LogP contribution in [0.1, 0.15) is 5.56 Å². The number of rotatable bonds is 1. The molecule has 1 heterocycles. The van der Waals surface area contributed by atoms with E-state index in [9.17, 15) is 4.39 Å². The molecule has 0 atom stereocenters. The minimum Gasteiger partial charge on any atom is -0.396 e. The molecule has 0 fully saturated rings. The third kappa shape index (κ3) is 1.86. The number of hydrogen-bond acceptors (Lipinski definition) is 2. The van der Waals surface area contributed by atoms with Crippen LogP contribution in [0.3, 0.4) is 0 Å². The average molecular weight is 237 g/mol. The fraction of sp³-hybridized carbons (Fsp3) is 0.0833. The molecule has 0 saturated carbocycles. The number of nitrogens with two attached hydrogens (primary N) is 1. The van der Waals surface area contributed by atoms with Crippen molar-refractivity contribution < 1.29 is 4.39 Å². The second kappa shape index (κ2) is 4.10. The van der Waals surface area contributed by atoms with Crippen LogP contribution in [0.25, 0.3) is 11.1 Å². The summed E-state index contributed by atoms with van der Waals surface area (Å²) in [5.41, 5.74) is 7.92. The van der Waals surface area contributed by atoms with Crippen LogP contribution in [0.2, 0.25) is 5.15 Å². The lowest BCUT2D eigenvalue weighted by Gasteiger charge is -2.08. The van der Waals surface area contributed by atoms with E-state index < -0.39 is 0 Å². The number of anilines is 1. The van der Waals surface area contributed by atoms with Crippen LogP contribution in [-0.4, -0.2) is 4.98 Å². The van der Waals surface area contributed by atoms with Gasteiger partial charge in [-0.2, -0.15) is 0 Å². The molecule has 1 aromatic carbocycles. The summed E-state index contributed by atoms with van der Waals surface area (Å²) in [5, 5.41) is 0.192. The van der Waals surface area contributed by atoms with Gasteiger partial charge in [-0.1, -0.05) is 23.7 Å². The first-order valence-electron chi connectivity index (χ1n) is 4.76. The highest BCUT2D eigenvalue weighted by molar-refractivity contribution is 6.32. The number of aromatic nitrogens is 1. The molecule has 1 aromatic heterocycles. The highest BCUT2D eigenvalue weighted by atomic mass is 35.5. The maximum Gasteiger partial charge on any atom is 0.152 e. The molecule has 2 nitrogen and oxygen atoms in total. The second-order valence-corrected chi connectivity index (χ2v) is 3.90. The van der Waals surface area contributed by atoms with Crippen LogP contribution in [0.5, 0.6) is 0 Å². The zero-order valence-corrected chi connectivity index (χ0v) is 9.42. The molecule has 0 amide bonds. The summed E-state index contributed by atoms with van der Waals surface area (Å²) in [7, 11) is 0. The van der Waals surface area contributed by atoms with Gasteiger partial charge in [-0.3, -0.25) is 0 Å². The SMILES string of the molecule is Cc1ccc(-c2ccnc(Cl)c2N)c(F)c1. The van der Waals surface area contributed by atoms with E-state index in [2.05, 4.69) is 4.98 Å². The van der Waals surface area contributed by atoms with Crippen molar-refractivity contribution in [2.45, 2.75) is 6.92 Å². The summed E-state index contributed by atoms with van der Waals surface area (Å²) in [6.07, 6.45) is 1.51. The van der Waals surface area contributed by atoms with Crippen molar-refractivity contribution in [3.63, 3.8) is 0 Å². The molecular formula is C12H10ClFN2. The van der Waals surface area contributed by atoms with Crippen LogP contribution in [0.4, 0.5) is 10.1 Å². The van der Waals surface area contributed by atoms with Crippen molar-refractivity contribution in [1.82, 2.24) is 4.98 Å². The Bertz CT molecular complexity index is 541.